The Labute approximate surface area is 164 Å². The molecule has 3 rings (SSSR count). The first-order valence-electron chi connectivity index (χ1n) is 8.46. The summed E-state index contributed by atoms with van der Waals surface area (Å²) in [6, 6.07) is 15.5. The molecule has 0 aliphatic rings. The van der Waals surface area contributed by atoms with Gasteiger partial charge in [-0.15, -0.1) is 0 Å². The minimum Gasteiger partial charge on any atom is -0.497 e. The average Bonchev–Trinajstić information content (AvgIpc) is 2.69. The van der Waals surface area contributed by atoms with E-state index < -0.39 is 10.0 Å². The number of hydrogen-bond acceptors (Lipinski definition) is 6. The van der Waals surface area contributed by atoms with Gasteiger partial charge in [-0.1, -0.05) is 18.2 Å². The van der Waals surface area contributed by atoms with Crippen molar-refractivity contribution in [1.82, 2.24) is 4.98 Å². The molecule has 146 valence electrons. The third kappa shape index (κ3) is 4.34. The van der Waals surface area contributed by atoms with Gasteiger partial charge < -0.3 is 14.8 Å². The molecule has 3 aromatic rings. The number of aromatic nitrogens is 1. The van der Waals surface area contributed by atoms with Crippen LogP contribution in [0.25, 0.3) is 0 Å². The number of rotatable bonds is 7. The van der Waals surface area contributed by atoms with Gasteiger partial charge in [-0.25, -0.2) is 13.4 Å². The van der Waals surface area contributed by atoms with Gasteiger partial charge in [-0.3, -0.25) is 4.72 Å². The first-order chi connectivity index (χ1) is 13.4. The Morgan fingerprint density at radius 2 is 1.75 bits per heavy atom. The zero-order valence-electron chi connectivity index (χ0n) is 15.8. The van der Waals surface area contributed by atoms with Crippen LogP contribution in [0.2, 0.25) is 0 Å². The minimum atomic E-state index is -3.70. The predicted molar refractivity (Wildman–Crippen MR) is 109 cm³/mol. The Bertz CT molecular complexity index is 1070. The van der Waals surface area contributed by atoms with Crippen LogP contribution in [-0.2, 0) is 10.0 Å². The maximum atomic E-state index is 12.6. The van der Waals surface area contributed by atoms with Crippen LogP contribution in [0.4, 0.5) is 17.2 Å². The smallest absolute Gasteiger partial charge is 0.263 e. The largest absolute Gasteiger partial charge is 0.497 e. The highest BCUT2D eigenvalue weighted by molar-refractivity contribution is 7.92. The lowest BCUT2D eigenvalue weighted by atomic mass is 10.2. The highest BCUT2D eigenvalue weighted by Crippen LogP contribution is 2.31. The maximum Gasteiger partial charge on any atom is 0.263 e. The summed E-state index contributed by atoms with van der Waals surface area (Å²) in [5, 5.41) is 3.18. The van der Waals surface area contributed by atoms with Gasteiger partial charge in [0.25, 0.3) is 10.0 Å². The topological polar surface area (TPSA) is 89.5 Å². The molecule has 8 heteroatoms. The van der Waals surface area contributed by atoms with Crippen LogP contribution in [0, 0.1) is 6.92 Å². The van der Waals surface area contributed by atoms with E-state index in [1.807, 2.05) is 0 Å². The normalized spacial score (nSPS) is 11.0. The van der Waals surface area contributed by atoms with Gasteiger partial charge in [0.05, 0.1) is 36.7 Å². The van der Waals surface area contributed by atoms with Crippen molar-refractivity contribution in [2.24, 2.45) is 0 Å². The molecule has 0 fully saturated rings. The molecule has 2 N–H and O–H groups in total. The van der Waals surface area contributed by atoms with E-state index in [1.54, 1.807) is 75.7 Å². The summed E-state index contributed by atoms with van der Waals surface area (Å²) in [4.78, 5) is 4.41. The number of anilines is 3. The van der Waals surface area contributed by atoms with Crippen molar-refractivity contribution in [2.75, 3.05) is 24.3 Å². The second kappa shape index (κ2) is 8.18. The van der Waals surface area contributed by atoms with Gasteiger partial charge in [0.15, 0.2) is 0 Å². The van der Waals surface area contributed by atoms with E-state index in [1.165, 1.54) is 6.20 Å². The molecule has 2 aromatic carbocycles. The molecule has 0 unspecified atom stereocenters. The summed E-state index contributed by atoms with van der Waals surface area (Å²) in [6.07, 6.45) is 1.54. The number of sulfonamides is 1. The molecular weight excluding hydrogens is 378 g/mol. The van der Waals surface area contributed by atoms with E-state index >= 15 is 0 Å². The van der Waals surface area contributed by atoms with Gasteiger partial charge >= 0.3 is 0 Å². The summed E-state index contributed by atoms with van der Waals surface area (Å²) in [7, 11) is -0.541. The van der Waals surface area contributed by atoms with Gasteiger partial charge in [-0.2, -0.15) is 0 Å². The van der Waals surface area contributed by atoms with Crippen molar-refractivity contribution in [2.45, 2.75) is 11.8 Å². The van der Waals surface area contributed by atoms with E-state index in [2.05, 4.69) is 15.0 Å². The summed E-state index contributed by atoms with van der Waals surface area (Å²) >= 11 is 0. The van der Waals surface area contributed by atoms with Gasteiger partial charge in [0.2, 0.25) is 0 Å². The molecule has 0 aliphatic heterocycles. The summed E-state index contributed by atoms with van der Waals surface area (Å²) in [6.45, 7) is 1.75. The predicted octanol–water partition coefficient (Wildman–Crippen LogP) is 3.95. The van der Waals surface area contributed by atoms with E-state index in [-0.39, 0.29) is 10.7 Å². The van der Waals surface area contributed by atoms with Crippen molar-refractivity contribution in [3.8, 4) is 11.5 Å². The third-order valence-corrected chi connectivity index (χ3v) is 5.59. The Kier molecular flexibility index (Phi) is 5.70. The lowest BCUT2D eigenvalue weighted by Gasteiger charge is -2.13. The Morgan fingerprint density at radius 1 is 0.964 bits per heavy atom. The zero-order chi connectivity index (χ0) is 20.1. The summed E-state index contributed by atoms with van der Waals surface area (Å²) in [5.74, 6) is 1.55. The van der Waals surface area contributed by atoms with Crippen LogP contribution < -0.4 is 19.5 Å². The average molecular weight is 399 g/mol. The van der Waals surface area contributed by atoms with Crippen LogP contribution in [0.3, 0.4) is 0 Å². The molecular formula is C20H21N3O4S. The fraction of sp³-hybridized carbons (Fsp3) is 0.150. The molecule has 28 heavy (non-hydrogen) atoms. The van der Waals surface area contributed by atoms with Crippen molar-refractivity contribution in [3.05, 3.63) is 66.4 Å². The molecule has 1 heterocycles. The monoisotopic (exact) mass is 399 g/mol. The molecule has 0 atom stereocenters. The molecule has 0 aliphatic carbocycles. The van der Waals surface area contributed by atoms with Gasteiger partial charge in [0, 0.05) is 6.07 Å². The highest BCUT2D eigenvalue weighted by Gasteiger charge is 2.17. The number of pyridine rings is 1. The third-order valence-electron chi connectivity index (χ3n) is 4.07. The standard InChI is InChI=1S/C20H21N3O4S/c1-14-6-4-5-7-19(14)28(24,25)23-20-11-8-15(13-21-20)22-17-12-16(26-2)9-10-18(17)27-3/h4-13,22H,1-3H3,(H,21,23). The van der Waals surface area contributed by atoms with Crippen LogP contribution in [-0.4, -0.2) is 27.6 Å². The van der Waals surface area contributed by atoms with Crippen LogP contribution in [0.1, 0.15) is 5.56 Å². The van der Waals surface area contributed by atoms with E-state index in [0.717, 1.165) is 0 Å². The van der Waals surface area contributed by atoms with Crippen LogP contribution in [0.5, 0.6) is 11.5 Å². The highest BCUT2D eigenvalue weighted by atomic mass is 32.2. The van der Waals surface area contributed by atoms with Crippen molar-refractivity contribution >= 4 is 27.2 Å². The Balaban J connectivity index is 1.78. The first kappa shape index (κ1) is 19.5. The molecule has 0 amide bonds. The quantitative estimate of drug-likeness (QED) is 0.625. The van der Waals surface area contributed by atoms with Crippen molar-refractivity contribution < 1.29 is 17.9 Å². The van der Waals surface area contributed by atoms with Gasteiger partial charge in [-0.05, 0) is 42.8 Å². The first-order valence-corrected chi connectivity index (χ1v) is 9.95. The second-order valence-corrected chi connectivity index (χ2v) is 7.65. The zero-order valence-corrected chi connectivity index (χ0v) is 16.6. The van der Waals surface area contributed by atoms with Crippen molar-refractivity contribution in [1.29, 1.82) is 0 Å². The number of nitrogens with one attached hydrogen (secondary N) is 2. The lowest BCUT2D eigenvalue weighted by Crippen LogP contribution is -2.15. The van der Waals surface area contributed by atoms with E-state index in [4.69, 9.17) is 9.47 Å². The fourth-order valence-corrected chi connectivity index (χ4v) is 3.90. The number of nitrogens with zero attached hydrogens (tertiary/aromatic N) is 1. The van der Waals surface area contributed by atoms with Crippen LogP contribution >= 0.6 is 0 Å². The Hall–Kier alpha value is -3.26. The lowest BCUT2D eigenvalue weighted by molar-refractivity contribution is 0.405. The molecule has 0 radical (unpaired) electrons. The number of aryl methyl sites for hydroxylation is 1. The number of hydrogen-bond donors (Lipinski definition) is 2. The molecule has 0 bridgehead atoms. The Morgan fingerprint density at radius 3 is 2.39 bits per heavy atom. The molecule has 0 saturated heterocycles. The number of ether oxygens (including phenoxy) is 2. The van der Waals surface area contributed by atoms with Gasteiger partial charge in [0.1, 0.15) is 17.3 Å². The molecule has 0 saturated carbocycles. The molecule has 7 nitrogen and oxygen atoms in total. The summed E-state index contributed by atoms with van der Waals surface area (Å²) in [5.41, 5.74) is 2.04. The molecule has 0 spiro atoms. The van der Waals surface area contributed by atoms with E-state index in [9.17, 15) is 8.42 Å². The van der Waals surface area contributed by atoms with E-state index in [0.29, 0.717) is 28.4 Å². The minimum absolute atomic E-state index is 0.222. The van der Waals surface area contributed by atoms with Crippen molar-refractivity contribution in [3.63, 3.8) is 0 Å². The SMILES string of the molecule is COc1ccc(OC)c(Nc2ccc(NS(=O)(=O)c3ccccc3C)nc2)c1. The summed E-state index contributed by atoms with van der Waals surface area (Å²) < 4.78 is 38.2. The second-order valence-electron chi connectivity index (χ2n) is 5.99. The molecule has 1 aromatic heterocycles. The fourth-order valence-electron chi connectivity index (χ4n) is 2.65. The number of benzene rings is 2. The number of methoxy groups -OCH3 is 2. The van der Waals surface area contributed by atoms with Crippen LogP contribution in [0.15, 0.2) is 65.7 Å². The maximum absolute atomic E-state index is 12.6.